The third-order valence-electron chi connectivity index (χ3n) is 6.67. The van der Waals surface area contributed by atoms with Crippen molar-refractivity contribution in [3.63, 3.8) is 0 Å². The Morgan fingerprint density at radius 3 is 2.08 bits per heavy atom. The molecule has 0 atom stereocenters. The van der Waals surface area contributed by atoms with Crippen LogP contribution in [0.4, 0.5) is 30.7 Å². The number of hydrogen-bond donors (Lipinski definition) is 0. The van der Waals surface area contributed by atoms with Gasteiger partial charge in [-0.3, -0.25) is 4.79 Å². The highest BCUT2D eigenvalue weighted by Crippen LogP contribution is 2.45. The topological polar surface area (TPSA) is 20.3 Å². The smallest absolute Gasteiger partial charge is 0.334 e. The maximum absolute atomic E-state index is 14.7. The fourth-order valence-electron chi connectivity index (χ4n) is 4.38. The first kappa shape index (κ1) is 28.0. The van der Waals surface area contributed by atoms with Crippen LogP contribution in [0.3, 0.4) is 0 Å². The number of amides is 1. The fraction of sp³-hybridized carbons (Fsp3) is 0.321. The van der Waals surface area contributed by atoms with Crippen molar-refractivity contribution in [1.29, 1.82) is 0 Å². The molecule has 4 rings (SSSR count). The molecule has 38 heavy (non-hydrogen) atoms. The molecule has 0 bridgehead atoms. The molecule has 0 heterocycles. The number of benzene rings is 3. The summed E-state index contributed by atoms with van der Waals surface area (Å²) < 4.78 is 94.1. The summed E-state index contributed by atoms with van der Waals surface area (Å²) in [5.74, 6) is -0.769. The predicted octanol–water partition coefficient (Wildman–Crippen LogP) is 8.61. The Bertz CT molecular complexity index is 1300. The molecular weight excluding hydrogens is 535 g/mol. The molecule has 2 nitrogen and oxygen atoms in total. The van der Waals surface area contributed by atoms with Crippen LogP contribution in [0.2, 0.25) is 5.02 Å². The Morgan fingerprint density at radius 2 is 1.50 bits per heavy atom. The fourth-order valence-corrected chi connectivity index (χ4v) is 4.62. The second-order valence-electron chi connectivity index (χ2n) is 9.42. The lowest BCUT2D eigenvalue weighted by Crippen LogP contribution is -2.33. The maximum atomic E-state index is 14.7. The van der Waals surface area contributed by atoms with E-state index in [2.05, 4.69) is 0 Å². The summed E-state index contributed by atoms with van der Waals surface area (Å²) in [5.41, 5.74) is -2.21. The Kier molecular flexibility index (Phi) is 7.79. The van der Waals surface area contributed by atoms with Gasteiger partial charge in [0.05, 0.1) is 11.1 Å². The summed E-state index contributed by atoms with van der Waals surface area (Å²) in [6, 6.07) is 13.7. The molecule has 1 amide bonds. The number of carbonyl (C=O) groups excluding carboxylic acids is 1. The lowest BCUT2D eigenvalue weighted by atomic mass is 9.77. The number of carbonyl (C=O) groups is 1. The van der Waals surface area contributed by atoms with Gasteiger partial charge in [0.25, 0.3) is 5.91 Å². The van der Waals surface area contributed by atoms with E-state index in [1.807, 2.05) is 0 Å². The first-order chi connectivity index (χ1) is 17.7. The number of alkyl halides is 7. The van der Waals surface area contributed by atoms with Gasteiger partial charge in [-0.1, -0.05) is 54.1 Å². The zero-order valence-electron chi connectivity index (χ0n) is 20.0. The van der Waals surface area contributed by atoms with Gasteiger partial charge in [-0.15, -0.1) is 0 Å². The van der Waals surface area contributed by atoms with Crippen molar-refractivity contribution >= 4 is 17.5 Å². The third-order valence-corrected chi connectivity index (χ3v) is 6.89. The zero-order valence-corrected chi connectivity index (χ0v) is 20.7. The van der Waals surface area contributed by atoms with E-state index in [1.54, 1.807) is 24.3 Å². The minimum absolute atomic E-state index is 0.0219. The van der Waals surface area contributed by atoms with Gasteiger partial charge < -0.3 is 4.90 Å². The van der Waals surface area contributed by atoms with Crippen molar-refractivity contribution in [1.82, 2.24) is 4.90 Å². The highest BCUT2D eigenvalue weighted by Gasteiger charge is 2.38. The van der Waals surface area contributed by atoms with Crippen LogP contribution in [0.25, 0.3) is 0 Å². The van der Waals surface area contributed by atoms with Gasteiger partial charge in [-0.05, 0) is 66.6 Å². The average Bonchev–Trinajstić information content (AvgIpc) is 2.84. The quantitative estimate of drug-likeness (QED) is 0.266. The van der Waals surface area contributed by atoms with Crippen molar-refractivity contribution in [3.8, 4) is 0 Å². The summed E-state index contributed by atoms with van der Waals surface area (Å²) in [6.07, 6.45) is -7.63. The van der Waals surface area contributed by atoms with E-state index in [9.17, 15) is 35.5 Å². The summed E-state index contributed by atoms with van der Waals surface area (Å²) in [7, 11) is 0. The highest BCUT2D eigenvalue weighted by molar-refractivity contribution is 6.31. The largest absolute Gasteiger partial charge is 0.416 e. The van der Waals surface area contributed by atoms with Gasteiger partial charge in [0.1, 0.15) is 5.67 Å². The Labute approximate surface area is 220 Å². The monoisotopic (exact) mass is 557 g/mol. The van der Waals surface area contributed by atoms with Gasteiger partial charge in [0, 0.05) is 23.7 Å². The first-order valence-corrected chi connectivity index (χ1v) is 12.2. The predicted molar refractivity (Wildman–Crippen MR) is 129 cm³/mol. The van der Waals surface area contributed by atoms with E-state index in [-0.39, 0.29) is 30.1 Å². The Morgan fingerprint density at radius 1 is 0.842 bits per heavy atom. The molecule has 1 aliphatic carbocycles. The summed E-state index contributed by atoms with van der Waals surface area (Å²) in [5, 5.41) is -0.279. The van der Waals surface area contributed by atoms with Crippen molar-refractivity contribution in [2.75, 3.05) is 6.54 Å². The third kappa shape index (κ3) is 6.49. The molecule has 0 radical (unpaired) electrons. The van der Waals surface area contributed by atoms with Gasteiger partial charge in [-0.2, -0.15) is 26.3 Å². The molecule has 3 aromatic rings. The SMILES string of the molecule is O=C(c1cc(Cl)cc(C(F)(F)F)c1)N(CCc1cccc(C(F)(F)F)c1)Cc1ccc(C2(F)CCC2)cc1. The van der Waals surface area contributed by atoms with Gasteiger partial charge in [0.15, 0.2) is 0 Å². The molecule has 10 heteroatoms. The molecule has 3 aromatic carbocycles. The number of rotatable bonds is 7. The summed E-state index contributed by atoms with van der Waals surface area (Å²) in [4.78, 5) is 14.6. The molecular formula is C28H23ClF7NO. The number of nitrogens with zero attached hydrogens (tertiary/aromatic N) is 1. The van der Waals surface area contributed by atoms with Gasteiger partial charge in [-0.25, -0.2) is 4.39 Å². The Hall–Kier alpha value is -3.07. The van der Waals surface area contributed by atoms with Crippen molar-refractivity contribution in [3.05, 3.63) is 105 Å². The maximum Gasteiger partial charge on any atom is 0.416 e. The van der Waals surface area contributed by atoms with E-state index in [4.69, 9.17) is 11.6 Å². The van der Waals surface area contributed by atoms with E-state index < -0.39 is 35.1 Å². The summed E-state index contributed by atoms with van der Waals surface area (Å²) in [6.45, 7) is -0.131. The normalized spacial score (nSPS) is 15.2. The van der Waals surface area contributed by atoms with Crippen LogP contribution in [-0.4, -0.2) is 17.4 Å². The summed E-state index contributed by atoms with van der Waals surface area (Å²) >= 11 is 5.86. The lowest BCUT2D eigenvalue weighted by molar-refractivity contribution is -0.138. The van der Waals surface area contributed by atoms with Crippen LogP contribution < -0.4 is 0 Å². The number of hydrogen-bond acceptors (Lipinski definition) is 1. The van der Waals surface area contributed by atoms with Crippen LogP contribution in [-0.2, 0) is 31.0 Å². The second kappa shape index (κ2) is 10.6. The van der Waals surface area contributed by atoms with Gasteiger partial charge >= 0.3 is 12.4 Å². The second-order valence-corrected chi connectivity index (χ2v) is 9.85. The molecule has 1 fully saturated rings. The van der Waals surface area contributed by atoms with E-state index in [0.29, 0.717) is 41.7 Å². The van der Waals surface area contributed by atoms with E-state index in [1.165, 1.54) is 17.0 Å². The van der Waals surface area contributed by atoms with Crippen LogP contribution in [0.1, 0.15) is 57.4 Å². The highest BCUT2D eigenvalue weighted by atomic mass is 35.5. The molecule has 1 aliphatic rings. The average molecular weight is 558 g/mol. The lowest BCUT2D eigenvalue weighted by Gasteiger charge is -2.34. The van der Waals surface area contributed by atoms with E-state index in [0.717, 1.165) is 24.6 Å². The molecule has 0 saturated heterocycles. The molecule has 0 N–H and O–H groups in total. The Balaban J connectivity index is 1.61. The van der Waals surface area contributed by atoms with Crippen molar-refractivity contribution in [2.45, 2.75) is 50.2 Å². The first-order valence-electron chi connectivity index (χ1n) is 11.9. The molecule has 0 aromatic heterocycles. The van der Waals surface area contributed by atoms with Crippen LogP contribution in [0.5, 0.6) is 0 Å². The number of halogens is 8. The van der Waals surface area contributed by atoms with Crippen molar-refractivity contribution in [2.24, 2.45) is 0 Å². The van der Waals surface area contributed by atoms with Crippen molar-refractivity contribution < 1.29 is 35.5 Å². The van der Waals surface area contributed by atoms with E-state index >= 15 is 0 Å². The minimum Gasteiger partial charge on any atom is -0.334 e. The molecule has 0 unspecified atom stereocenters. The molecule has 0 spiro atoms. The minimum atomic E-state index is -4.73. The molecule has 0 aliphatic heterocycles. The molecule has 1 saturated carbocycles. The van der Waals surface area contributed by atoms with Gasteiger partial charge in [0.2, 0.25) is 0 Å². The zero-order chi connectivity index (χ0) is 27.7. The van der Waals surface area contributed by atoms with Crippen LogP contribution in [0.15, 0.2) is 66.7 Å². The standard InChI is InChI=1S/C28H23ClF7NO/c29-24-15-20(14-23(16-24)28(34,35)36)25(38)37(12-9-18-3-1-4-22(13-18)27(31,32)33)17-19-5-7-21(8-6-19)26(30)10-2-11-26/h1,3-8,13-16H,2,9-12,17H2. The molecule has 202 valence electrons. The van der Waals surface area contributed by atoms with Crippen LogP contribution >= 0.6 is 11.6 Å². The van der Waals surface area contributed by atoms with Crippen LogP contribution in [0, 0.1) is 0 Å².